The molecule has 3 heterocycles. The third kappa shape index (κ3) is 7.32. The summed E-state index contributed by atoms with van der Waals surface area (Å²) in [6.07, 6.45) is 2.71. The third-order valence-corrected chi connectivity index (χ3v) is 8.68. The number of benzene rings is 2. The first-order chi connectivity index (χ1) is 20.1. The van der Waals surface area contributed by atoms with Crippen molar-refractivity contribution in [1.29, 1.82) is 0 Å². The van der Waals surface area contributed by atoms with Crippen LogP contribution in [0.3, 0.4) is 0 Å². The van der Waals surface area contributed by atoms with Crippen molar-refractivity contribution in [3.8, 4) is 17.1 Å². The van der Waals surface area contributed by atoms with Crippen LogP contribution < -0.4 is 15.4 Å². The smallest absolute Gasteiger partial charge is 0.253 e. The van der Waals surface area contributed by atoms with Crippen molar-refractivity contribution in [2.75, 3.05) is 58.4 Å². The molecule has 1 amide bonds. The zero-order valence-corrected chi connectivity index (χ0v) is 27.4. The average molecular weight is 783 g/mol. The van der Waals surface area contributed by atoms with Crippen LogP contribution in [0.15, 0.2) is 42.7 Å². The number of carbonyl (C=O) groups excluding carboxylic acids is 1. The second-order valence-corrected chi connectivity index (χ2v) is 11.3. The van der Waals surface area contributed by atoms with Crippen molar-refractivity contribution < 1.29 is 14.3 Å². The van der Waals surface area contributed by atoms with Crippen molar-refractivity contribution in [3.05, 3.63) is 59.7 Å². The van der Waals surface area contributed by atoms with E-state index in [0.717, 1.165) is 78.2 Å². The van der Waals surface area contributed by atoms with Crippen LogP contribution in [0.5, 0.6) is 5.75 Å². The van der Waals surface area contributed by atoms with Crippen molar-refractivity contribution in [2.45, 2.75) is 21.8 Å². The molecule has 12 heteroatoms. The van der Waals surface area contributed by atoms with E-state index < -0.39 is 0 Å². The lowest BCUT2D eigenvalue weighted by Gasteiger charge is -2.26. The maximum atomic E-state index is 13.2. The van der Waals surface area contributed by atoms with E-state index in [1.807, 2.05) is 24.5 Å². The number of carbonyl (C=O) groups is 1. The number of halogens is 2. The summed E-state index contributed by atoms with van der Waals surface area (Å²) in [5.74, 6) is 1.19. The lowest BCUT2D eigenvalue weighted by atomic mass is 10.1. The third-order valence-electron chi connectivity index (χ3n) is 7.24. The number of hydrogen-bond donors (Lipinski definition) is 3. The highest BCUT2D eigenvalue weighted by molar-refractivity contribution is 14.1. The van der Waals surface area contributed by atoms with E-state index in [9.17, 15) is 4.79 Å². The molecule has 1 aliphatic rings. The van der Waals surface area contributed by atoms with Gasteiger partial charge >= 0.3 is 0 Å². The monoisotopic (exact) mass is 783 g/mol. The Morgan fingerprint density at radius 2 is 1.88 bits per heavy atom. The zero-order valence-electron chi connectivity index (χ0n) is 23.1. The largest absolute Gasteiger partial charge is 0.494 e. The molecule has 2 aromatic heterocycles. The average Bonchev–Trinajstić information content (AvgIpc) is 3.64. The van der Waals surface area contributed by atoms with Crippen LogP contribution in [0, 0.1) is 0 Å². The molecule has 0 aliphatic carbocycles. The Balaban J connectivity index is 1.22. The molecule has 1 aliphatic heterocycles. The van der Waals surface area contributed by atoms with Gasteiger partial charge in [0.1, 0.15) is 22.6 Å². The number of nitrogens with one attached hydrogen (secondary N) is 3. The highest BCUT2D eigenvalue weighted by atomic mass is 127. The molecule has 5 rings (SSSR count). The maximum Gasteiger partial charge on any atom is 0.253 e. The van der Waals surface area contributed by atoms with Gasteiger partial charge in [-0.05, 0) is 42.8 Å². The summed E-state index contributed by atoms with van der Waals surface area (Å²) >= 11 is 4.72. The van der Waals surface area contributed by atoms with Gasteiger partial charge in [0.25, 0.3) is 5.91 Å². The van der Waals surface area contributed by atoms with E-state index in [2.05, 4.69) is 87.4 Å². The molecule has 4 aromatic rings. The van der Waals surface area contributed by atoms with Crippen LogP contribution in [-0.2, 0) is 20.1 Å². The predicted molar refractivity (Wildman–Crippen MR) is 178 cm³/mol. The Kier molecular flexibility index (Phi) is 10.7. The molecule has 41 heavy (non-hydrogen) atoms. The predicted octanol–water partition coefficient (Wildman–Crippen LogP) is 4.87. The Morgan fingerprint density at radius 3 is 2.61 bits per heavy atom. The molecule has 2 aromatic carbocycles. The van der Waals surface area contributed by atoms with E-state index in [1.165, 1.54) is 5.69 Å². The number of amides is 1. The van der Waals surface area contributed by atoms with E-state index >= 15 is 0 Å². The molecular formula is C29H35I2N7O3. The molecule has 0 radical (unpaired) electrons. The Morgan fingerprint density at radius 1 is 1.07 bits per heavy atom. The number of aromatic amines is 1. The van der Waals surface area contributed by atoms with Crippen molar-refractivity contribution in [1.82, 2.24) is 29.7 Å². The minimum Gasteiger partial charge on any atom is -0.494 e. The lowest BCUT2D eigenvalue weighted by molar-refractivity contribution is 0.0398. The molecule has 0 bridgehead atoms. The van der Waals surface area contributed by atoms with Gasteiger partial charge in [-0.15, -0.1) is 0 Å². The number of H-pyrrole nitrogens is 1. The maximum absolute atomic E-state index is 13.2. The fraction of sp³-hybridized carbons (Fsp3) is 0.414. The first-order valence-corrected chi connectivity index (χ1v) is 16.8. The fourth-order valence-corrected chi connectivity index (χ4v) is 6.46. The van der Waals surface area contributed by atoms with Gasteiger partial charge < -0.3 is 29.7 Å². The number of fused-ring (bicyclic) bond motifs is 1. The minimum absolute atomic E-state index is 0.150. The number of aromatic nitrogens is 4. The van der Waals surface area contributed by atoms with Crippen molar-refractivity contribution >= 4 is 67.8 Å². The van der Waals surface area contributed by atoms with Crippen LogP contribution in [0.25, 0.3) is 22.4 Å². The minimum atomic E-state index is -0.150. The van der Waals surface area contributed by atoms with Gasteiger partial charge in [0, 0.05) is 59.4 Å². The molecule has 3 N–H and O–H groups in total. The van der Waals surface area contributed by atoms with Crippen LogP contribution in [0.4, 0.5) is 5.69 Å². The number of aryl methyl sites for hydroxylation is 1. The molecule has 0 atom stereocenters. The molecular weight excluding hydrogens is 748 g/mol. The number of alkyl halides is 2. The van der Waals surface area contributed by atoms with E-state index in [4.69, 9.17) is 14.5 Å². The second-order valence-electron chi connectivity index (χ2n) is 9.79. The van der Waals surface area contributed by atoms with Gasteiger partial charge in [0.15, 0.2) is 0 Å². The van der Waals surface area contributed by atoms with E-state index in [0.29, 0.717) is 34.7 Å². The number of rotatable bonds is 13. The molecule has 0 spiro atoms. The first kappa shape index (κ1) is 30.0. The number of methoxy groups -OCH3 is 1. The van der Waals surface area contributed by atoms with Crippen molar-refractivity contribution in [3.63, 3.8) is 0 Å². The van der Waals surface area contributed by atoms with Gasteiger partial charge in [-0.1, -0.05) is 45.2 Å². The summed E-state index contributed by atoms with van der Waals surface area (Å²) in [4.78, 5) is 28.3. The van der Waals surface area contributed by atoms with Gasteiger partial charge in [-0.3, -0.25) is 9.69 Å². The Bertz CT molecular complexity index is 1450. The number of hydrogen-bond acceptors (Lipinski definition) is 7. The normalized spacial score (nSPS) is 13.9. The van der Waals surface area contributed by atoms with Crippen LogP contribution >= 0.6 is 45.2 Å². The van der Waals surface area contributed by atoms with E-state index in [1.54, 1.807) is 13.2 Å². The molecule has 10 nitrogen and oxygen atoms in total. The summed E-state index contributed by atoms with van der Waals surface area (Å²) in [7, 11) is 1.62. The fourth-order valence-electron chi connectivity index (χ4n) is 4.94. The Hall–Kier alpha value is -2.43. The standard InChI is InChI=1S/C29H35I2N7O3/c1-40-25-8-7-22(29(39)33-9-2-11-38-19-34-23(17-30)24(38)18-31)26-27(25)36-28(35-26)20-3-5-21(6-4-20)32-10-12-37-13-15-41-16-14-37/h3-8,19,32H,2,9-18H2,1H3,(H,33,39)(H,35,36). The number of morpholine rings is 1. The molecule has 0 saturated carbocycles. The highest BCUT2D eigenvalue weighted by Gasteiger charge is 2.18. The number of imidazole rings is 2. The molecule has 0 unspecified atom stereocenters. The molecule has 1 fully saturated rings. The topological polar surface area (TPSA) is 109 Å². The van der Waals surface area contributed by atoms with Crippen LogP contribution in [0.1, 0.15) is 28.2 Å². The van der Waals surface area contributed by atoms with E-state index in [-0.39, 0.29) is 5.91 Å². The summed E-state index contributed by atoms with van der Waals surface area (Å²) in [6, 6.07) is 11.8. The quantitative estimate of drug-likeness (QED) is 0.101. The van der Waals surface area contributed by atoms with Gasteiger partial charge in [-0.25, -0.2) is 9.97 Å². The molecule has 1 saturated heterocycles. The number of anilines is 1. The number of ether oxygens (including phenoxy) is 2. The van der Waals surface area contributed by atoms with Crippen LogP contribution in [0.2, 0.25) is 0 Å². The first-order valence-electron chi connectivity index (χ1n) is 13.8. The zero-order chi connectivity index (χ0) is 28.6. The van der Waals surface area contributed by atoms with Gasteiger partial charge in [0.05, 0.1) is 43.6 Å². The van der Waals surface area contributed by atoms with Crippen molar-refractivity contribution in [2.24, 2.45) is 0 Å². The SMILES string of the molecule is COc1ccc(C(=O)NCCCn2cnc(CI)c2CI)c2nc(-c3ccc(NCCN4CCOCC4)cc3)[nH]c12. The molecule has 218 valence electrons. The van der Waals surface area contributed by atoms with Gasteiger partial charge in [0.2, 0.25) is 0 Å². The summed E-state index contributed by atoms with van der Waals surface area (Å²) in [6.45, 7) is 6.83. The summed E-state index contributed by atoms with van der Waals surface area (Å²) in [5, 5.41) is 6.56. The number of nitrogens with zero attached hydrogens (tertiary/aromatic N) is 4. The van der Waals surface area contributed by atoms with Gasteiger partial charge in [-0.2, -0.15) is 0 Å². The Labute approximate surface area is 267 Å². The highest BCUT2D eigenvalue weighted by Crippen LogP contribution is 2.30. The van der Waals surface area contributed by atoms with Crippen LogP contribution in [-0.4, -0.2) is 83.4 Å². The summed E-state index contributed by atoms with van der Waals surface area (Å²) in [5.41, 5.74) is 6.20. The summed E-state index contributed by atoms with van der Waals surface area (Å²) < 4.78 is 15.0. The second kappa shape index (κ2) is 14.6. The lowest BCUT2D eigenvalue weighted by Crippen LogP contribution is -2.38.